The maximum atomic E-state index is 13.0. The molecular formula is C72H140O17P2. The number of hydrogen-bond acceptors (Lipinski definition) is 15. The third kappa shape index (κ3) is 65.1. The van der Waals surface area contributed by atoms with Crippen LogP contribution >= 0.6 is 15.6 Å². The van der Waals surface area contributed by atoms with E-state index in [0.717, 1.165) is 108 Å². The third-order valence-corrected chi connectivity index (χ3v) is 18.8. The summed E-state index contributed by atoms with van der Waals surface area (Å²) in [7, 11) is -9.90. The van der Waals surface area contributed by atoms with Crippen LogP contribution < -0.4 is 0 Å². The molecule has 0 aliphatic heterocycles. The summed E-state index contributed by atoms with van der Waals surface area (Å²) in [4.78, 5) is 72.6. The summed E-state index contributed by atoms with van der Waals surface area (Å²) in [5.74, 6) is 0.870. The fourth-order valence-electron chi connectivity index (χ4n) is 10.8. The molecule has 0 radical (unpaired) electrons. The molecular weight excluding hydrogens is 1200 g/mol. The van der Waals surface area contributed by atoms with Crippen molar-refractivity contribution >= 4 is 39.5 Å². The summed E-state index contributed by atoms with van der Waals surface area (Å²) >= 11 is 0. The van der Waals surface area contributed by atoms with E-state index in [9.17, 15) is 43.2 Å². The Hall–Kier alpha value is -1.94. The predicted molar refractivity (Wildman–Crippen MR) is 367 cm³/mol. The molecule has 0 aromatic carbocycles. The summed E-state index contributed by atoms with van der Waals surface area (Å²) in [6.45, 7) is 14.1. The molecule has 3 N–H and O–H groups in total. The first kappa shape index (κ1) is 89.1. The second-order valence-electron chi connectivity index (χ2n) is 27.6. The summed E-state index contributed by atoms with van der Waals surface area (Å²) in [6.07, 6.45) is 44.6. The van der Waals surface area contributed by atoms with Crippen LogP contribution in [0, 0.1) is 23.7 Å². The maximum Gasteiger partial charge on any atom is 0.472 e. The molecule has 0 aromatic rings. The van der Waals surface area contributed by atoms with Gasteiger partial charge in [-0.1, -0.05) is 306 Å². The van der Waals surface area contributed by atoms with Crippen molar-refractivity contribution < 1.29 is 80.2 Å². The minimum absolute atomic E-state index is 0.101. The Bertz CT molecular complexity index is 1800. The van der Waals surface area contributed by atoms with E-state index in [1.807, 2.05) is 0 Å². The molecule has 91 heavy (non-hydrogen) atoms. The molecule has 0 saturated carbocycles. The molecule has 17 nitrogen and oxygen atoms in total. The van der Waals surface area contributed by atoms with Gasteiger partial charge < -0.3 is 33.8 Å². The molecule has 0 fully saturated rings. The van der Waals surface area contributed by atoms with Crippen molar-refractivity contribution in [1.82, 2.24) is 0 Å². The summed E-state index contributed by atoms with van der Waals surface area (Å²) < 4.78 is 68.3. The van der Waals surface area contributed by atoms with Crippen LogP contribution in [0.25, 0.3) is 0 Å². The molecule has 0 saturated heterocycles. The van der Waals surface area contributed by atoms with Gasteiger partial charge in [0.15, 0.2) is 12.2 Å². The first-order chi connectivity index (χ1) is 43.6. The molecule has 0 heterocycles. The Morgan fingerprint density at radius 2 is 0.527 bits per heavy atom. The number of aliphatic hydroxyl groups is 1. The van der Waals surface area contributed by atoms with Crippen molar-refractivity contribution in [2.75, 3.05) is 39.6 Å². The molecule has 6 atom stereocenters. The van der Waals surface area contributed by atoms with Crippen molar-refractivity contribution in [2.45, 2.75) is 375 Å². The Morgan fingerprint density at radius 1 is 0.308 bits per heavy atom. The normalized spacial score (nSPS) is 14.5. The van der Waals surface area contributed by atoms with Gasteiger partial charge >= 0.3 is 39.5 Å². The second kappa shape index (κ2) is 61.6. The minimum Gasteiger partial charge on any atom is -0.462 e. The highest BCUT2D eigenvalue weighted by Gasteiger charge is 2.30. The largest absolute Gasteiger partial charge is 0.472 e. The zero-order chi connectivity index (χ0) is 67.5. The van der Waals surface area contributed by atoms with Crippen molar-refractivity contribution in [3.8, 4) is 0 Å². The summed E-state index contributed by atoms with van der Waals surface area (Å²) in [6, 6.07) is 0. The lowest BCUT2D eigenvalue weighted by Gasteiger charge is -2.21. The van der Waals surface area contributed by atoms with E-state index in [0.29, 0.717) is 31.6 Å². The molecule has 540 valence electrons. The Balaban J connectivity index is 5.24. The van der Waals surface area contributed by atoms with Crippen LogP contribution in [-0.4, -0.2) is 96.7 Å². The number of phosphoric ester groups is 2. The van der Waals surface area contributed by atoms with Gasteiger partial charge in [-0.05, 0) is 49.4 Å². The van der Waals surface area contributed by atoms with Gasteiger partial charge in [-0.15, -0.1) is 0 Å². The SMILES string of the molecule is CCC(C)CCCCCCCCCCCCC(=O)OC[C@H](COP(=O)(O)OCC(O)COP(=O)(O)OC[C@@H](COC(=O)CCCCCCCCCCC(C)C)OC(=O)CCCCCCCCC(C)C)OC(=O)CCCCCCCCCCCCCCCCC(C)C. The number of ether oxygens (including phenoxy) is 4. The van der Waals surface area contributed by atoms with E-state index in [4.69, 9.17) is 37.0 Å². The lowest BCUT2D eigenvalue weighted by atomic mass is 9.99. The van der Waals surface area contributed by atoms with Gasteiger partial charge in [0.1, 0.15) is 19.3 Å². The number of esters is 4. The van der Waals surface area contributed by atoms with Crippen molar-refractivity contribution in [3.05, 3.63) is 0 Å². The lowest BCUT2D eigenvalue weighted by Crippen LogP contribution is -2.30. The molecule has 0 aliphatic rings. The molecule has 0 spiro atoms. The van der Waals surface area contributed by atoms with Crippen LogP contribution in [0.1, 0.15) is 357 Å². The van der Waals surface area contributed by atoms with Gasteiger partial charge in [0.25, 0.3) is 0 Å². The van der Waals surface area contributed by atoms with Gasteiger partial charge in [-0.25, -0.2) is 9.13 Å². The molecule has 0 aliphatic carbocycles. The van der Waals surface area contributed by atoms with Crippen LogP contribution in [0.5, 0.6) is 0 Å². The smallest absolute Gasteiger partial charge is 0.462 e. The van der Waals surface area contributed by atoms with Crippen LogP contribution in [0.2, 0.25) is 0 Å². The van der Waals surface area contributed by atoms with Crippen molar-refractivity contribution in [1.29, 1.82) is 0 Å². The third-order valence-electron chi connectivity index (χ3n) is 16.9. The van der Waals surface area contributed by atoms with Gasteiger partial charge in [0.05, 0.1) is 26.4 Å². The van der Waals surface area contributed by atoms with Gasteiger partial charge in [-0.2, -0.15) is 0 Å². The monoisotopic (exact) mass is 1340 g/mol. The number of rotatable bonds is 69. The van der Waals surface area contributed by atoms with Crippen LogP contribution in [0.15, 0.2) is 0 Å². The highest BCUT2D eigenvalue weighted by molar-refractivity contribution is 7.47. The molecule has 0 bridgehead atoms. The number of hydrogen-bond donors (Lipinski definition) is 3. The van der Waals surface area contributed by atoms with Crippen LogP contribution in [0.4, 0.5) is 0 Å². The highest BCUT2D eigenvalue weighted by Crippen LogP contribution is 2.45. The zero-order valence-electron chi connectivity index (χ0n) is 59.5. The summed E-state index contributed by atoms with van der Waals surface area (Å²) in [5.41, 5.74) is 0. The van der Waals surface area contributed by atoms with E-state index in [-0.39, 0.29) is 25.7 Å². The van der Waals surface area contributed by atoms with Crippen LogP contribution in [-0.2, 0) is 65.4 Å². The fraction of sp³-hybridized carbons (Fsp3) is 0.944. The molecule has 0 amide bonds. The van der Waals surface area contributed by atoms with E-state index in [2.05, 4.69) is 55.4 Å². The van der Waals surface area contributed by atoms with Crippen molar-refractivity contribution in [3.63, 3.8) is 0 Å². The number of carbonyl (C=O) groups excluding carboxylic acids is 4. The average Bonchev–Trinajstić information content (AvgIpc) is 2.23. The molecule has 0 rings (SSSR count). The van der Waals surface area contributed by atoms with Crippen molar-refractivity contribution in [2.24, 2.45) is 23.7 Å². The number of phosphoric acid groups is 2. The van der Waals surface area contributed by atoms with E-state index >= 15 is 0 Å². The minimum atomic E-state index is -4.95. The van der Waals surface area contributed by atoms with E-state index in [1.165, 1.54) is 161 Å². The molecule has 0 aromatic heterocycles. The van der Waals surface area contributed by atoms with E-state index < -0.39 is 97.5 Å². The Labute approximate surface area is 556 Å². The summed E-state index contributed by atoms with van der Waals surface area (Å²) in [5, 5.41) is 10.6. The zero-order valence-corrected chi connectivity index (χ0v) is 61.3. The first-order valence-electron chi connectivity index (χ1n) is 37.2. The van der Waals surface area contributed by atoms with Gasteiger partial charge in [-0.3, -0.25) is 37.3 Å². The topological polar surface area (TPSA) is 237 Å². The van der Waals surface area contributed by atoms with Crippen LogP contribution in [0.3, 0.4) is 0 Å². The first-order valence-corrected chi connectivity index (χ1v) is 40.2. The lowest BCUT2D eigenvalue weighted by molar-refractivity contribution is -0.161. The molecule has 4 unspecified atom stereocenters. The quantitative estimate of drug-likeness (QED) is 0.0222. The maximum absolute atomic E-state index is 13.0. The Morgan fingerprint density at radius 3 is 0.780 bits per heavy atom. The average molecular weight is 1340 g/mol. The van der Waals surface area contributed by atoms with Gasteiger partial charge in [0.2, 0.25) is 0 Å². The fourth-order valence-corrected chi connectivity index (χ4v) is 12.4. The highest BCUT2D eigenvalue weighted by atomic mass is 31.2. The number of unbranched alkanes of at least 4 members (excludes halogenated alkanes) is 34. The van der Waals surface area contributed by atoms with Gasteiger partial charge in [0, 0.05) is 25.7 Å². The number of aliphatic hydroxyl groups excluding tert-OH is 1. The van der Waals surface area contributed by atoms with E-state index in [1.54, 1.807) is 0 Å². The molecule has 19 heteroatoms. The Kier molecular flexibility index (Phi) is 60.3. The standard InChI is InChI=1S/C72H140O17P2/c1-9-65(8)51-43-35-26-19-16-17-20-27-36-44-52-69(74)82-58-67(88-71(76)54-46-38-29-21-15-13-11-10-12-14-18-24-32-40-48-62(2)3)60-86-90(78,79)84-56-66(73)57-85-91(80,81)87-61-68(89-72(77)55-47-39-31-30-34-42-50-64(6)7)59-83-70(75)53-45-37-28-23-22-25-33-41-49-63(4)5/h62-68,73H,9-61H2,1-8H3,(H,78,79)(H,80,81)/t65?,66?,67-,68-/m1/s1. The number of carbonyl (C=O) groups is 4. The predicted octanol–water partition coefficient (Wildman–Crippen LogP) is 20.5. The second-order valence-corrected chi connectivity index (χ2v) is 30.6.